The number of nitrogens with zero attached hydrogens (tertiary/aromatic N) is 1. The van der Waals surface area contributed by atoms with Gasteiger partial charge in [0.25, 0.3) is 0 Å². The quantitative estimate of drug-likeness (QED) is 0.487. The van der Waals surface area contributed by atoms with Crippen molar-refractivity contribution in [2.45, 2.75) is 6.92 Å². The van der Waals surface area contributed by atoms with Crippen LogP contribution in [0, 0.1) is 17.1 Å². The fourth-order valence-corrected chi connectivity index (χ4v) is 1.18. The lowest BCUT2D eigenvalue weighted by molar-refractivity contribution is 1.47. The van der Waals surface area contributed by atoms with Gasteiger partial charge in [0.15, 0.2) is 5.69 Å². The lowest BCUT2D eigenvalue weighted by atomic mass is 10.2. The zero-order valence-corrected chi connectivity index (χ0v) is 7.71. The molecule has 10 heavy (non-hydrogen) atoms. The number of rotatable bonds is 0. The fraction of sp³-hybridized carbons (Fsp3) is 0.125. The highest BCUT2D eigenvalue weighted by Gasteiger charge is 1.95. The molecular weight excluding hydrogens is 237 g/mol. The van der Waals surface area contributed by atoms with Crippen molar-refractivity contribution in [1.82, 2.24) is 0 Å². The Morgan fingerprint density at radius 1 is 1.50 bits per heavy atom. The zero-order valence-electron chi connectivity index (χ0n) is 5.56. The number of aryl methyl sites for hydroxylation is 1. The van der Waals surface area contributed by atoms with E-state index in [1.165, 1.54) is 0 Å². The molecule has 1 rings (SSSR count). The molecular formula is C8H6IN. The van der Waals surface area contributed by atoms with Crippen LogP contribution < -0.4 is 0 Å². The molecule has 0 saturated heterocycles. The van der Waals surface area contributed by atoms with Crippen molar-refractivity contribution in [3.63, 3.8) is 0 Å². The van der Waals surface area contributed by atoms with Gasteiger partial charge >= 0.3 is 0 Å². The van der Waals surface area contributed by atoms with E-state index in [9.17, 15) is 0 Å². The fourth-order valence-electron chi connectivity index (χ4n) is 0.703. The largest absolute Gasteiger partial charge is 0.238 e. The Bertz CT molecular complexity index is 286. The van der Waals surface area contributed by atoms with Gasteiger partial charge in [0.05, 0.1) is 6.57 Å². The number of hydrogen-bond donors (Lipinski definition) is 0. The third-order valence-corrected chi connectivity index (χ3v) is 1.96. The van der Waals surface area contributed by atoms with Crippen LogP contribution in [0.4, 0.5) is 5.69 Å². The van der Waals surface area contributed by atoms with Crippen LogP contribution in [0.2, 0.25) is 0 Å². The molecule has 0 amide bonds. The minimum Gasteiger partial charge on any atom is -0.238 e. The Balaban J connectivity index is 3.25. The van der Waals surface area contributed by atoms with E-state index in [1.807, 2.05) is 25.1 Å². The van der Waals surface area contributed by atoms with Crippen LogP contribution in [0.5, 0.6) is 0 Å². The van der Waals surface area contributed by atoms with Gasteiger partial charge < -0.3 is 0 Å². The van der Waals surface area contributed by atoms with E-state index >= 15 is 0 Å². The van der Waals surface area contributed by atoms with Crippen LogP contribution in [-0.4, -0.2) is 0 Å². The summed E-state index contributed by atoms with van der Waals surface area (Å²) in [6.45, 7) is 8.75. The number of hydrogen-bond acceptors (Lipinski definition) is 0. The van der Waals surface area contributed by atoms with Gasteiger partial charge in [0.1, 0.15) is 0 Å². The molecule has 0 radical (unpaired) electrons. The van der Waals surface area contributed by atoms with E-state index in [-0.39, 0.29) is 0 Å². The second kappa shape index (κ2) is 3.02. The van der Waals surface area contributed by atoms with Crippen LogP contribution in [0.1, 0.15) is 5.56 Å². The lowest BCUT2D eigenvalue weighted by Gasteiger charge is -1.95. The normalized spacial score (nSPS) is 8.90. The van der Waals surface area contributed by atoms with E-state index < -0.39 is 0 Å². The van der Waals surface area contributed by atoms with Gasteiger partial charge in [-0.05, 0) is 41.1 Å². The predicted octanol–water partition coefficient (Wildman–Crippen LogP) is 3.15. The summed E-state index contributed by atoms with van der Waals surface area (Å²) in [5.41, 5.74) is 1.81. The molecule has 0 N–H and O–H groups in total. The standard InChI is InChI=1S/C8H6IN/c1-6-3-4-7(9)5-8(6)10-2/h3-5H,1H3. The molecule has 0 fully saturated rings. The molecule has 1 aromatic rings. The summed E-state index contributed by atoms with van der Waals surface area (Å²) in [7, 11) is 0. The van der Waals surface area contributed by atoms with Gasteiger partial charge in [-0.25, -0.2) is 4.85 Å². The minimum atomic E-state index is 0.756. The summed E-state index contributed by atoms with van der Waals surface area (Å²) in [6.07, 6.45) is 0. The van der Waals surface area contributed by atoms with Crippen molar-refractivity contribution in [3.8, 4) is 0 Å². The Hall–Kier alpha value is -0.560. The topological polar surface area (TPSA) is 4.36 Å². The van der Waals surface area contributed by atoms with E-state index in [4.69, 9.17) is 6.57 Å². The first-order valence-corrected chi connectivity index (χ1v) is 3.95. The Kier molecular flexibility index (Phi) is 2.28. The first-order valence-electron chi connectivity index (χ1n) is 2.87. The summed E-state index contributed by atoms with van der Waals surface area (Å²) in [5.74, 6) is 0. The third-order valence-electron chi connectivity index (χ3n) is 1.29. The maximum Gasteiger partial charge on any atom is 0.191 e. The van der Waals surface area contributed by atoms with Gasteiger partial charge in [-0.1, -0.05) is 12.1 Å². The van der Waals surface area contributed by atoms with Gasteiger partial charge in [0.2, 0.25) is 0 Å². The summed E-state index contributed by atoms with van der Waals surface area (Å²) >= 11 is 2.20. The van der Waals surface area contributed by atoms with Crippen molar-refractivity contribution in [2.24, 2.45) is 0 Å². The molecule has 0 unspecified atom stereocenters. The zero-order chi connectivity index (χ0) is 7.56. The van der Waals surface area contributed by atoms with Crippen LogP contribution in [-0.2, 0) is 0 Å². The SMILES string of the molecule is [C-]#[N+]c1cc(I)ccc1C. The molecule has 0 aliphatic heterocycles. The van der Waals surface area contributed by atoms with Gasteiger partial charge in [0, 0.05) is 3.57 Å². The second-order valence-corrected chi connectivity index (χ2v) is 3.29. The Morgan fingerprint density at radius 2 is 2.20 bits per heavy atom. The molecule has 0 aliphatic rings. The summed E-state index contributed by atoms with van der Waals surface area (Å²) < 4.78 is 1.12. The van der Waals surface area contributed by atoms with Crippen molar-refractivity contribution in [2.75, 3.05) is 0 Å². The molecule has 0 saturated carbocycles. The highest BCUT2D eigenvalue weighted by molar-refractivity contribution is 14.1. The first kappa shape index (κ1) is 7.55. The molecule has 1 aromatic carbocycles. The summed E-state index contributed by atoms with van der Waals surface area (Å²) in [4.78, 5) is 3.38. The molecule has 50 valence electrons. The van der Waals surface area contributed by atoms with Crippen molar-refractivity contribution in [1.29, 1.82) is 0 Å². The highest BCUT2D eigenvalue weighted by Crippen LogP contribution is 2.20. The average molecular weight is 243 g/mol. The van der Waals surface area contributed by atoms with Crippen LogP contribution in [0.15, 0.2) is 18.2 Å². The van der Waals surface area contributed by atoms with Gasteiger partial charge in [-0.15, -0.1) is 0 Å². The van der Waals surface area contributed by atoms with Crippen LogP contribution in [0.3, 0.4) is 0 Å². The molecule has 0 bridgehead atoms. The highest BCUT2D eigenvalue weighted by atomic mass is 127. The average Bonchev–Trinajstić information content (AvgIpc) is 1.94. The Labute approximate surface area is 74.0 Å². The molecule has 0 aliphatic carbocycles. The lowest BCUT2D eigenvalue weighted by Crippen LogP contribution is -1.73. The summed E-state index contributed by atoms with van der Waals surface area (Å²) in [6, 6.07) is 5.86. The third kappa shape index (κ3) is 1.48. The number of benzene rings is 1. The van der Waals surface area contributed by atoms with Crippen molar-refractivity contribution < 1.29 is 0 Å². The molecule has 0 atom stereocenters. The Morgan fingerprint density at radius 3 is 2.70 bits per heavy atom. The second-order valence-electron chi connectivity index (χ2n) is 2.04. The molecule has 0 heterocycles. The molecule has 2 heteroatoms. The van der Waals surface area contributed by atoms with E-state index in [1.54, 1.807) is 0 Å². The van der Waals surface area contributed by atoms with Crippen molar-refractivity contribution >= 4 is 28.3 Å². The smallest absolute Gasteiger partial charge is 0.191 e. The van der Waals surface area contributed by atoms with Crippen LogP contribution >= 0.6 is 22.6 Å². The first-order chi connectivity index (χ1) is 4.74. The predicted molar refractivity (Wildman–Crippen MR) is 50.2 cm³/mol. The van der Waals surface area contributed by atoms with E-state index in [0.29, 0.717) is 0 Å². The van der Waals surface area contributed by atoms with E-state index in [0.717, 1.165) is 14.8 Å². The number of halogens is 1. The van der Waals surface area contributed by atoms with Gasteiger partial charge in [-0.3, -0.25) is 0 Å². The molecule has 0 spiro atoms. The van der Waals surface area contributed by atoms with Crippen LogP contribution in [0.25, 0.3) is 4.85 Å². The van der Waals surface area contributed by atoms with E-state index in [2.05, 4.69) is 27.4 Å². The maximum atomic E-state index is 6.80. The van der Waals surface area contributed by atoms with Crippen molar-refractivity contribution in [3.05, 3.63) is 38.7 Å². The monoisotopic (exact) mass is 243 g/mol. The molecule has 0 aromatic heterocycles. The van der Waals surface area contributed by atoms with Gasteiger partial charge in [-0.2, -0.15) is 0 Å². The maximum absolute atomic E-state index is 6.80. The minimum absolute atomic E-state index is 0.756. The molecule has 1 nitrogen and oxygen atoms in total. The summed E-state index contributed by atoms with van der Waals surface area (Å²) in [5, 5.41) is 0.